The topological polar surface area (TPSA) is 71.8 Å². The first-order valence-electron chi connectivity index (χ1n) is 7.71. The first kappa shape index (κ1) is 17.2. The van der Waals surface area contributed by atoms with Crippen LogP contribution in [0, 0.1) is 0 Å². The van der Waals surface area contributed by atoms with Crippen molar-refractivity contribution in [2.24, 2.45) is 0 Å². The summed E-state index contributed by atoms with van der Waals surface area (Å²) in [5, 5.41) is 18.7. The number of aliphatic hydroxyl groups excluding tert-OH is 2. The molecule has 0 bridgehead atoms. The van der Waals surface area contributed by atoms with Crippen LogP contribution < -0.4 is 9.47 Å². The zero-order valence-corrected chi connectivity index (χ0v) is 13.5. The van der Waals surface area contributed by atoms with Gasteiger partial charge < -0.3 is 19.7 Å². The van der Waals surface area contributed by atoms with Gasteiger partial charge >= 0.3 is 0 Å². The zero-order chi connectivity index (χ0) is 16.7. The van der Waals surface area contributed by atoms with Crippen LogP contribution in [0.3, 0.4) is 0 Å². The molecule has 5 nitrogen and oxygen atoms in total. The Labute approximate surface area is 136 Å². The summed E-state index contributed by atoms with van der Waals surface area (Å²) in [6, 6.07) is 7.64. The van der Waals surface area contributed by atoms with E-state index in [0.29, 0.717) is 18.1 Å². The van der Waals surface area contributed by atoms with Crippen molar-refractivity contribution in [1.82, 2.24) is 4.98 Å². The van der Waals surface area contributed by atoms with E-state index < -0.39 is 0 Å². The minimum absolute atomic E-state index is 0.116. The molecule has 0 saturated heterocycles. The SMILES string of the molecule is CCCOc1cc(-c2cncc(C(CO)CO)c2)ccc1OC. The number of benzene rings is 1. The predicted octanol–water partition coefficient (Wildman–Crippen LogP) is 2.61. The molecule has 1 aromatic carbocycles. The van der Waals surface area contributed by atoms with Crippen LogP contribution in [0.2, 0.25) is 0 Å². The largest absolute Gasteiger partial charge is 0.493 e. The van der Waals surface area contributed by atoms with Crippen molar-refractivity contribution in [3.63, 3.8) is 0 Å². The van der Waals surface area contributed by atoms with E-state index in [4.69, 9.17) is 9.47 Å². The summed E-state index contributed by atoms with van der Waals surface area (Å²) >= 11 is 0. The third kappa shape index (κ3) is 4.21. The maximum atomic E-state index is 9.33. The summed E-state index contributed by atoms with van der Waals surface area (Å²) in [7, 11) is 1.61. The average Bonchev–Trinajstić information content (AvgIpc) is 2.61. The number of aromatic nitrogens is 1. The van der Waals surface area contributed by atoms with E-state index in [0.717, 1.165) is 23.1 Å². The molecule has 0 spiro atoms. The molecule has 23 heavy (non-hydrogen) atoms. The molecule has 0 unspecified atom stereocenters. The standard InChI is InChI=1S/C18H23NO4/c1-3-6-23-18-8-13(4-5-17(18)22-2)14-7-15(10-19-9-14)16(11-20)12-21/h4-5,7-10,16,20-21H,3,6,11-12H2,1-2H3. The predicted molar refractivity (Wildman–Crippen MR) is 88.9 cm³/mol. The molecule has 0 saturated carbocycles. The van der Waals surface area contributed by atoms with E-state index in [1.807, 2.05) is 31.2 Å². The lowest BCUT2D eigenvalue weighted by atomic mass is 9.98. The smallest absolute Gasteiger partial charge is 0.161 e. The Hall–Kier alpha value is -2.11. The number of nitrogens with zero attached hydrogens (tertiary/aromatic N) is 1. The number of rotatable bonds is 8. The Bertz CT molecular complexity index is 626. The second-order valence-electron chi connectivity index (χ2n) is 5.28. The second-order valence-corrected chi connectivity index (χ2v) is 5.28. The van der Waals surface area contributed by atoms with Gasteiger partial charge in [-0.25, -0.2) is 0 Å². The summed E-state index contributed by atoms with van der Waals surface area (Å²) in [5.74, 6) is 1.06. The van der Waals surface area contributed by atoms with Gasteiger partial charge in [-0.2, -0.15) is 0 Å². The van der Waals surface area contributed by atoms with Crippen LogP contribution in [0.1, 0.15) is 24.8 Å². The maximum Gasteiger partial charge on any atom is 0.161 e. The number of hydrogen-bond donors (Lipinski definition) is 2. The Kier molecular flexibility index (Phi) is 6.38. The molecular formula is C18H23NO4. The van der Waals surface area contributed by atoms with Crippen molar-refractivity contribution in [3.8, 4) is 22.6 Å². The molecule has 0 aliphatic heterocycles. The summed E-state index contributed by atoms with van der Waals surface area (Å²) in [4.78, 5) is 4.22. The number of aliphatic hydroxyl groups is 2. The second kappa shape index (κ2) is 8.50. The summed E-state index contributed by atoms with van der Waals surface area (Å²) in [6.07, 6.45) is 4.33. The van der Waals surface area contributed by atoms with Gasteiger partial charge in [-0.05, 0) is 35.7 Å². The van der Waals surface area contributed by atoms with E-state index in [1.54, 1.807) is 19.5 Å². The number of methoxy groups -OCH3 is 1. The summed E-state index contributed by atoms with van der Waals surface area (Å²) in [5.41, 5.74) is 2.65. The lowest BCUT2D eigenvalue weighted by Crippen LogP contribution is -2.09. The fourth-order valence-electron chi connectivity index (χ4n) is 2.29. The third-order valence-corrected chi connectivity index (χ3v) is 3.63. The Morgan fingerprint density at radius 2 is 1.83 bits per heavy atom. The van der Waals surface area contributed by atoms with Crippen LogP contribution in [0.4, 0.5) is 0 Å². The molecule has 124 valence electrons. The number of pyridine rings is 1. The van der Waals surface area contributed by atoms with Crippen LogP contribution in [0.5, 0.6) is 11.5 Å². The lowest BCUT2D eigenvalue weighted by molar-refractivity contribution is 0.192. The van der Waals surface area contributed by atoms with Gasteiger partial charge in [0, 0.05) is 23.9 Å². The lowest BCUT2D eigenvalue weighted by Gasteiger charge is -2.14. The van der Waals surface area contributed by atoms with Gasteiger partial charge in [0.05, 0.1) is 26.9 Å². The van der Waals surface area contributed by atoms with Gasteiger partial charge in [-0.15, -0.1) is 0 Å². The minimum Gasteiger partial charge on any atom is -0.493 e. The molecule has 0 aliphatic carbocycles. The summed E-state index contributed by atoms with van der Waals surface area (Å²) in [6.45, 7) is 2.44. The molecule has 0 aliphatic rings. The van der Waals surface area contributed by atoms with Crippen LogP contribution in [0.15, 0.2) is 36.7 Å². The molecule has 0 fully saturated rings. The van der Waals surface area contributed by atoms with Crippen LogP contribution in [0.25, 0.3) is 11.1 Å². The highest BCUT2D eigenvalue weighted by Gasteiger charge is 2.12. The van der Waals surface area contributed by atoms with Crippen LogP contribution in [-0.2, 0) is 0 Å². The molecule has 1 aromatic heterocycles. The van der Waals surface area contributed by atoms with Gasteiger partial charge in [0.25, 0.3) is 0 Å². The van der Waals surface area contributed by atoms with Gasteiger partial charge in [-0.1, -0.05) is 13.0 Å². The fourth-order valence-corrected chi connectivity index (χ4v) is 2.29. The Balaban J connectivity index is 2.36. The molecule has 2 rings (SSSR count). The van der Waals surface area contributed by atoms with Crippen LogP contribution in [-0.4, -0.2) is 42.1 Å². The van der Waals surface area contributed by atoms with Crippen molar-refractivity contribution in [2.75, 3.05) is 26.9 Å². The van der Waals surface area contributed by atoms with Crippen LogP contribution >= 0.6 is 0 Å². The zero-order valence-electron chi connectivity index (χ0n) is 13.5. The van der Waals surface area contributed by atoms with E-state index >= 15 is 0 Å². The van der Waals surface area contributed by atoms with Gasteiger partial charge in [0.1, 0.15) is 0 Å². The molecule has 0 radical (unpaired) electrons. The summed E-state index contributed by atoms with van der Waals surface area (Å²) < 4.78 is 11.1. The Morgan fingerprint density at radius 3 is 2.48 bits per heavy atom. The molecule has 0 atom stereocenters. The molecule has 0 amide bonds. The van der Waals surface area contributed by atoms with Crippen molar-refractivity contribution in [1.29, 1.82) is 0 Å². The van der Waals surface area contributed by atoms with Crippen molar-refractivity contribution in [2.45, 2.75) is 19.3 Å². The molecule has 2 aromatic rings. The van der Waals surface area contributed by atoms with E-state index in [9.17, 15) is 10.2 Å². The normalized spacial score (nSPS) is 10.8. The highest BCUT2D eigenvalue weighted by Crippen LogP contribution is 2.33. The monoisotopic (exact) mass is 317 g/mol. The van der Waals surface area contributed by atoms with Gasteiger partial charge in [0.15, 0.2) is 11.5 Å². The van der Waals surface area contributed by atoms with E-state index in [2.05, 4.69) is 4.98 Å². The third-order valence-electron chi connectivity index (χ3n) is 3.63. The van der Waals surface area contributed by atoms with Gasteiger partial charge in [-0.3, -0.25) is 4.98 Å². The maximum absolute atomic E-state index is 9.33. The molecule has 1 heterocycles. The average molecular weight is 317 g/mol. The first-order valence-corrected chi connectivity index (χ1v) is 7.71. The highest BCUT2D eigenvalue weighted by molar-refractivity contribution is 5.67. The minimum atomic E-state index is -0.323. The Morgan fingerprint density at radius 1 is 1.04 bits per heavy atom. The van der Waals surface area contributed by atoms with Gasteiger partial charge in [0.2, 0.25) is 0 Å². The quantitative estimate of drug-likeness (QED) is 0.783. The fraction of sp³-hybridized carbons (Fsp3) is 0.389. The molecule has 2 N–H and O–H groups in total. The van der Waals surface area contributed by atoms with Crippen molar-refractivity contribution in [3.05, 3.63) is 42.2 Å². The molecule has 5 heteroatoms. The first-order chi connectivity index (χ1) is 11.2. The molecular weight excluding hydrogens is 294 g/mol. The van der Waals surface area contributed by atoms with E-state index in [-0.39, 0.29) is 19.1 Å². The highest BCUT2D eigenvalue weighted by atomic mass is 16.5. The van der Waals surface area contributed by atoms with Crippen molar-refractivity contribution >= 4 is 0 Å². The number of hydrogen-bond acceptors (Lipinski definition) is 5. The van der Waals surface area contributed by atoms with E-state index in [1.165, 1.54) is 0 Å². The number of ether oxygens (including phenoxy) is 2. The van der Waals surface area contributed by atoms with Crippen molar-refractivity contribution < 1.29 is 19.7 Å².